The van der Waals surface area contributed by atoms with E-state index < -0.39 is 0 Å². The number of benzene rings is 2. The van der Waals surface area contributed by atoms with Crippen LogP contribution in [0.15, 0.2) is 54.6 Å². The van der Waals surface area contributed by atoms with E-state index in [1.54, 1.807) is 48.5 Å². The van der Waals surface area contributed by atoms with Gasteiger partial charge in [0, 0.05) is 25.1 Å². The fourth-order valence-corrected chi connectivity index (χ4v) is 2.46. The number of carbonyl (C=O) groups is 3. The van der Waals surface area contributed by atoms with Gasteiger partial charge in [-0.3, -0.25) is 14.4 Å². The zero-order chi connectivity index (χ0) is 19.5. The van der Waals surface area contributed by atoms with Crippen molar-refractivity contribution >= 4 is 23.4 Å². The summed E-state index contributed by atoms with van der Waals surface area (Å²) < 4.78 is 0. The van der Waals surface area contributed by atoms with E-state index in [1.165, 1.54) is 0 Å². The summed E-state index contributed by atoms with van der Waals surface area (Å²) in [5.74, 6) is -0.701. The van der Waals surface area contributed by atoms with Gasteiger partial charge in [-0.15, -0.1) is 0 Å². The van der Waals surface area contributed by atoms with Gasteiger partial charge in [0.05, 0.1) is 11.3 Å². The van der Waals surface area contributed by atoms with Crippen LogP contribution in [0.4, 0.5) is 5.69 Å². The third-order valence-electron chi connectivity index (χ3n) is 3.94. The molecule has 27 heavy (non-hydrogen) atoms. The normalized spacial score (nSPS) is 10.1. The quantitative estimate of drug-likeness (QED) is 0.596. The third-order valence-corrected chi connectivity index (χ3v) is 3.94. The highest BCUT2D eigenvalue weighted by Gasteiger charge is 2.13. The average molecular weight is 367 g/mol. The van der Waals surface area contributed by atoms with Crippen molar-refractivity contribution in [1.82, 2.24) is 10.6 Å². The van der Waals surface area contributed by atoms with Crippen molar-refractivity contribution in [3.05, 3.63) is 65.7 Å². The zero-order valence-corrected chi connectivity index (χ0v) is 15.5. The van der Waals surface area contributed by atoms with E-state index in [9.17, 15) is 14.4 Å². The molecule has 0 saturated carbocycles. The molecule has 2 rings (SSSR count). The minimum absolute atomic E-state index is 0.115. The smallest absolute Gasteiger partial charge is 0.253 e. The predicted molar refractivity (Wildman–Crippen MR) is 106 cm³/mol. The first-order valence-electron chi connectivity index (χ1n) is 9.12. The van der Waals surface area contributed by atoms with Crippen molar-refractivity contribution in [3.8, 4) is 0 Å². The Bertz CT molecular complexity index is 775. The van der Waals surface area contributed by atoms with Gasteiger partial charge in [-0.25, -0.2) is 0 Å². The largest absolute Gasteiger partial charge is 0.352 e. The summed E-state index contributed by atoms with van der Waals surface area (Å²) in [7, 11) is 0. The van der Waals surface area contributed by atoms with Gasteiger partial charge in [0.1, 0.15) is 0 Å². The Balaban J connectivity index is 1.85. The molecule has 2 aromatic rings. The summed E-state index contributed by atoms with van der Waals surface area (Å²) in [5, 5.41) is 8.30. The van der Waals surface area contributed by atoms with Crippen molar-refractivity contribution in [2.45, 2.75) is 26.2 Å². The number of rotatable bonds is 9. The molecule has 6 heteroatoms. The second-order valence-corrected chi connectivity index (χ2v) is 6.08. The summed E-state index contributed by atoms with van der Waals surface area (Å²) >= 11 is 0. The van der Waals surface area contributed by atoms with Crippen LogP contribution >= 0.6 is 0 Å². The standard InChI is InChI=1S/C21H25N3O3/c1-2-3-14-22-21(27)17-11-7-8-12-18(17)24-19(25)13-15-23-20(26)16-9-5-4-6-10-16/h4-12H,2-3,13-15H2,1H3,(H,22,27)(H,23,26)(H,24,25). The maximum Gasteiger partial charge on any atom is 0.253 e. The molecule has 3 N–H and O–H groups in total. The lowest BCUT2D eigenvalue weighted by Crippen LogP contribution is -2.28. The molecule has 0 unspecified atom stereocenters. The number of hydrogen-bond donors (Lipinski definition) is 3. The van der Waals surface area contributed by atoms with E-state index in [4.69, 9.17) is 0 Å². The van der Waals surface area contributed by atoms with Gasteiger partial charge in [-0.05, 0) is 30.7 Å². The molecule has 0 bridgehead atoms. The molecule has 0 fully saturated rings. The lowest BCUT2D eigenvalue weighted by atomic mass is 10.1. The van der Waals surface area contributed by atoms with E-state index in [0.29, 0.717) is 23.4 Å². The van der Waals surface area contributed by atoms with Crippen molar-refractivity contribution in [2.24, 2.45) is 0 Å². The minimum atomic E-state index is -0.267. The van der Waals surface area contributed by atoms with Gasteiger partial charge in [0.25, 0.3) is 11.8 Å². The fraction of sp³-hybridized carbons (Fsp3) is 0.286. The molecule has 0 aromatic heterocycles. The van der Waals surface area contributed by atoms with E-state index in [0.717, 1.165) is 12.8 Å². The summed E-state index contributed by atoms with van der Waals surface area (Å²) in [6.45, 7) is 2.87. The van der Waals surface area contributed by atoms with Gasteiger partial charge < -0.3 is 16.0 Å². The van der Waals surface area contributed by atoms with Gasteiger partial charge in [0.2, 0.25) is 5.91 Å². The molecule has 142 valence electrons. The van der Waals surface area contributed by atoms with Crippen molar-refractivity contribution < 1.29 is 14.4 Å². The number of carbonyl (C=O) groups excluding carboxylic acids is 3. The topological polar surface area (TPSA) is 87.3 Å². The molecule has 0 heterocycles. The maximum atomic E-state index is 12.3. The summed E-state index contributed by atoms with van der Waals surface area (Å²) in [6, 6.07) is 15.7. The third kappa shape index (κ3) is 6.58. The van der Waals surface area contributed by atoms with Gasteiger partial charge in [0.15, 0.2) is 0 Å². The highest BCUT2D eigenvalue weighted by molar-refractivity contribution is 6.03. The first kappa shape index (κ1) is 20.2. The van der Waals surface area contributed by atoms with Crippen LogP contribution in [0.3, 0.4) is 0 Å². The number of para-hydroxylation sites is 1. The second kappa shape index (κ2) is 10.8. The molecule has 0 spiro atoms. The SMILES string of the molecule is CCCCNC(=O)c1ccccc1NC(=O)CCNC(=O)c1ccccc1. The number of hydrogen-bond acceptors (Lipinski definition) is 3. The van der Waals surface area contributed by atoms with Gasteiger partial charge in [-0.2, -0.15) is 0 Å². The molecular weight excluding hydrogens is 342 g/mol. The van der Waals surface area contributed by atoms with Crippen LogP contribution in [0.5, 0.6) is 0 Å². The van der Waals surface area contributed by atoms with Gasteiger partial charge >= 0.3 is 0 Å². The first-order valence-corrected chi connectivity index (χ1v) is 9.12. The molecule has 0 aliphatic carbocycles. The van der Waals surface area contributed by atoms with Crippen LogP contribution in [0.25, 0.3) is 0 Å². The zero-order valence-electron chi connectivity index (χ0n) is 15.5. The minimum Gasteiger partial charge on any atom is -0.352 e. The Morgan fingerprint density at radius 2 is 1.48 bits per heavy atom. The highest BCUT2D eigenvalue weighted by atomic mass is 16.2. The number of anilines is 1. The number of unbranched alkanes of at least 4 members (excludes halogenated alkanes) is 1. The van der Waals surface area contributed by atoms with Crippen LogP contribution in [0.2, 0.25) is 0 Å². The molecule has 0 aliphatic heterocycles. The molecular formula is C21H25N3O3. The Morgan fingerprint density at radius 3 is 2.22 bits per heavy atom. The number of amides is 3. The average Bonchev–Trinajstić information content (AvgIpc) is 2.69. The molecule has 0 saturated heterocycles. The fourth-order valence-electron chi connectivity index (χ4n) is 2.46. The summed E-state index contributed by atoms with van der Waals surface area (Å²) in [6.07, 6.45) is 2.01. The maximum absolute atomic E-state index is 12.3. The first-order chi connectivity index (χ1) is 13.1. The van der Waals surface area contributed by atoms with E-state index in [1.807, 2.05) is 6.07 Å². The predicted octanol–water partition coefficient (Wildman–Crippen LogP) is 2.98. The molecule has 6 nitrogen and oxygen atoms in total. The van der Waals surface area contributed by atoms with Crippen molar-refractivity contribution in [3.63, 3.8) is 0 Å². The molecule has 2 aromatic carbocycles. The summed E-state index contributed by atoms with van der Waals surface area (Å²) in [5.41, 5.74) is 1.44. The van der Waals surface area contributed by atoms with Crippen LogP contribution in [0.1, 0.15) is 46.9 Å². The Hall–Kier alpha value is -3.15. The lowest BCUT2D eigenvalue weighted by molar-refractivity contribution is -0.116. The lowest BCUT2D eigenvalue weighted by Gasteiger charge is -2.11. The van der Waals surface area contributed by atoms with Crippen LogP contribution < -0.4 is 16.0 Å². The second-order valence-electron chi connectivity index (χ2n) is 6.08. The monoisotopic (exact) mass is 367 g/mol. The molecule has 0 atom stereocenters. The number of nitrogens with one attached hydrogen (secondary N) is 3. The highest BCUT2D eigenvalue weighted by Crippen LogP contribution is 2.15. The van der Waals surface area contributed by atoms with Crippen molar-refractivity contribution in [2.75, 3.05) is 18.4 Å². The molecule has 0 aliphatic rings. The van der Waals surface area contributed by atoms with Crippen LogP contribution in [0, 0.1) is 0 Å². The van der Waals surface area contributed by atoms with Crippen LogP contribution in [-0.4, -0.2) is 30.8 Å². The van der Waals surface area contributed by atoms with Crippen LogP contribution in [-0.2, 0) is 4.79 Å². The molecule has 0 radical (unpaired) electrons. The Labute approximate surface area is 159 Å². The van der Waals surface area contributed by atoms with Gasteiger partial charge in [-0.1, -0.05) is 43.7 Å². The molecule has 3 amide bonds. The van der Waals surface area contributed by atoms with Crippen molar-refractivity contribution in [1.29, 1.82) is 0 Å². The van der Waals surface area contributed by atoms with E-state index >= 15 is 0 Å². The van der Waals surface area contributed by atoms with E-state index in [-0.39, 0.29) is 30.7 Å². The summed E-state index contributed by atoms with van der Waals surface area (Å²) in [4.78, 5) is 36.4. The Morgan fingerprint density at radius 1 is 0.815 bits per heavy atom. The Kier molecular flexibility index (Phi) is 8.03. The van der Waals surface area contributed by atoms with E-state index in [2.05, 4.69) is 22.9 Å².